The van der Waals surface area contributed by atoms with Crippen molar-refractivity contribution in [3.8, 4) is 0 Å². The van der Waals surface area contributed by atoms with Crippen molar-refractivity contribution in [3.05, 3.63) is 41.7 Å². The van der Waals surface area contributed by atoms with Crippen LogP contribution in [0.4, 0.5) is 0 Å². The summed E-state index contributed by atoms with van der Waals surface area (Å²) in [6, 6.07) is 8.03. The lowest BCUT2D eigenvalue weighted by Crippen LogP contribution is -2.03. The minimum absolute atomic E-state index is 0.130. The van der Waals surface area contributed by atoms with Crippen LogP contribution in [0.3, 0.4) is 0 Å². The van der Waals surface area contributed by atoms with E-state index in [4.69, 9.17) is 0 Å². The number of nitrogens with zero attached hydrogens (tertiary/aromatic N) is 3. The number of thioether (sulfide) groups is 1. The standard InChI is InChI=1S/C17H23N3OS/c1-3-4-5-6-7-14-8-10-15(11-9-14)16(21)12-22-17-19-18-13-20(17)2/h8-11,13H,3-7,12H2,1-2H3. The van der Waals surface area contributed by atoms with E-state index in [2.05, 4.69) is 29.3 Å². The highest BCUT2D eigenvalue weighted by Crippen LogP contribution is 2.16. The van der Waals surface area contributed by atoms with E-state index < -0.39 is 0 Å². The summed E-state index contributed by atoms with van der Waals surface area (Å²) in [6.45, 7) is 2.22. The minimum Gasteiger partial charge on any atom is -0.312 e. The average Bonchev–Trinajstić information content (AvgIpc) is 2.95. The van der Waals surface area contributed by atoms with Gasteiger partial charge in [0.05, 0.1) is 5.75 Å². The topological polar surface area (TPSA) is 47.8 Å². The first-order valence-corrected chi connectivity index (χ1v) is 8.78. The van der Waals surface area contributed by atoms with Crippen molar-refractivity contribution in [2.24, 2.45) is 7.05 Å². The van der Waals surface area contributed by atoms with Crippen LogP contribution in [0, 0.1) is 0 Å². The Hall–Kier alpha value is -1.62. The first-order chi connectivity index (χ1) is 10.7. The number of ketones is 1. The van der Waals surface area contributed by atoms with Crippen LogP contribution in [0.25, 0.3) is 0 Å². The quantitative estimate of drug-likeness (QED) is 0.400. The molecule has 1 aromatic heterocycles. The third-order valence-corrected chi connectivity index (χ3v) is 4.63. The predicted molar refractivity (Wildman–Crippen MR) is 90.3 cm³/mol. The molecule has 118 valence electrons. The molecule has 0 aliphatic carbocycles. The van der Waals surface area contributed by atoms with Crippen molar-refractivity contribution in [1.82, 2.24) is 14.8 Å². The van der Waals surface area contributed by atoms with Gasteiger partial charge in [0.15, 0.2) is 10.9 Å². The number of hydrogen-bond acceptors (Lipinski definition) is 4. The van der Waals surface area contributed by atoms with E-state index in [0.717, 1.165) is 17.1 Å². The summed E-state index contributed by atoms with van der Waals surface area (Å²) in [4.78, 5) is 12.2. The first-order valence-electron chi connectivity index (χ1n) is 7.79. The smallest absolute Gasteiger partial charge is 0.191 e. The second-order valence-corrected chi connectivity index (χ2v) is 6.39. The van der Waals surface area contributed by atoms with Crippen LogP contribution < -0.4 is 0 Å². The van der Waals surface area contributed by atoms with Crippen LogP contribution >= 0.6 is 11.8 Å². The molecule has 0 radical (unpaired) electrons. The molecule has 5 heteroatoms. The molecule has 2 aromatic rings. The molecule has 0 saturated heterocycles. The number of Topliss-reactive ketones (excluding diaryl/α,β-unsaturated/α-hetero) is 1. The van der Waals surface area contributed by atoms with Gasteiger partial charge in [-0.05, 0) is 18.4 Å². The molecule has 0 saturated carbocycles. The van der Waals surface area contributed by atoms with E-state index in [1.165, 1.54) is 43.0 Å². The van der Waals surface area contributed by atoms with Gasteiger partial charge in [-0.3, -0.25) is 4.79 Å². The van der Waals surface area contributed by atoms with Crippen LogP contribution in [0.15, 0.2) is 35.7 Å². The zero-order chi connectivity index (χ0) is 15.8. The maximum absolute atomic E-state index is 12.2. The molecule has 0 bridgehead atoms. The minimum atomic E-state index is 0.130. The lowest BCUT2D eigenvalue weighted by atomic mass is 10.0. The number of hydrogen-bond donors (Lipinski definition) is 0. The molecule has 0 N–H and O–H groups in total. The monoisotopic (exact) mass is 317 g/mol. The molecule has 1 aromatic carbocycles. The SMILES string of the molecule is CCCCCCc1ccc(C(=O)CSc2nncn2C)cc1. The molecular weight excluding hydrogens is 294 g/mol. The maximum Gasteiger partial charge on any atom is 0.191 e. The number of aromatic nitrogens is 3. The number of unbranched alkanes of at least 4 members (excludes halogenated alkanes) is 3. The largest absolute Gasteiger partial charge is 0.312 e. The summed E-state index contributed by atoms with van der Waals surface area (Å²) < 4.78 is 1.82. The van der Waals surface area contributed by atoms with Crippen molar-refractivity contribution >= 4 is 17.5 Å². The van der Waals surface area contributed by atoms with Crippen molar-refractivity contribution in [3.63, 3.8) is 0 Å². The zero-order valence-corrected chi connectivity index (χ0v) is 14.1. The van der Waals surface area contributed by atoms with Gasteiger partial charge in [0.1, 0.15) is 6.33 Å². The summed E-state index contributed by atoms with van der Waals surface area (Å²) in [5, 5.41) is 8.54. The van der Waals surface area contributed by atoms with E-state index in [0.29, 0.717) is 5.75 Å². The van der Waals surface area contributed by atoms with Gasteiger partial charge in [0, 0.05) is 12.6 Å². The van der Waals surface area contributed by atoms with Crippen LogP contribution in [0.5, 0.6) is 0 Å². The van der Waals surface area contributed by atoms with Crippen molar-refractivity contribution in [2.45, 2.75) is 44.2 Å². The predicted octanol–water partition coefficient (Wildman–Crippen LogP) is 3.91. The molecule has 0 amide bonds. The second kappa shape index (κ2) is 8.73. The molecule has 0 fully saturated rings. The van der Waals surface area contributed by atoms with Crippen LogP contribution in [0.1, 0.15) is 48.5 Å². The van der Waals surface area contributed by atoms with Crippen molar-refractivity contribution in [2.75, 3.05) is 5.75 Å². The highest BCUT2D eigenvalue weighted by atomic mass is 32.2. The Morgan fingerprint density at radius 2 is 1.95 bits per heavy atom. The summed E-state index contributed by atoms with van der Waals surface area (Å²) in [5.41, 5.74) is 2.08. The first kappa shape index (κ1) is 16.7. The Bertz CT molecular complexity index is 592. The molecule has 0 unspecified atom stereocenters. The highest BCUT2D eigenvalue weighted by molar-refractivity contribution is 7.99. The Morgan fingerprint density at radius 1 is 1.18 bits per heavy atom. The Labute approximate surface area is 136 Å². The van der Waals surface area contributed by atoms with Gasteiger partial charge in [-0.1, -0.05) is 62.2 Å². The zero-order valence-electron chi connectivity index (χ0n) is 13.3. The van der Waals surface area contributed by atoms with Crippen LogP contribution in [0.2, 0.25) is 0 Å². The summed E-state index contributed by atoms with van der Waals surface area (Å²) in [6.07, 6.45) is 7.81. The van der Waals surface area contributed by atoms with Gasteiger partial charge in [-0.15, -0.1) is 10.2 Å². The third kappa shape index (κ3) is 4.98. The summed E-state index contributed by atoms with van der Waals surface area (Å²) in [5.74, 6) is 0.521. The number of benzene rings is 1. The summed E-state index contributed by atoms with van der Waals surface area (Å²) >= 11 is 1.42. The molecule has 0 spiro atoms. The average molecular weight is 317 g/mol. The van der Waals surface area contributed by atoms with Crippen LogP contribution in [-0.4, -0.2) is 26.3 Å². The van der Waals surface area contributed by atoms with E-state index in [-0.39, 0.29) is 5.78 Å². The molecule has 0 atom stereocenters. The van der Waals surface area contributed by atoms with E-state index in [1.54, 1.807) is 6.33 Å². The molecule has 2 rings (SSSR count). The van der Waals surface area contributed by atoms with Crippen molar-refractivity contribution in [1.29, 1.82) is 0 Å². The van der Waals surface area contributed by atoms with E-state index >= 15 is 0 Å². The van der Waals surface area contributed by atoms with Crippen molar-refractivity contribution < 1.29 is 4.79 Å². The van der Waals surface area contributed by atoms with E-state index in [1.807, 2.05) is 23.7 Å². The lowest BCUT2D eigenvalue weighted by molar-refractivity contribution is 0.102. The Kier molecular flexibility index (Phi) is 6.65. The number of rotatable bonds is 9. The Balaban J connectivity index is 1.81. The third-order valence-electron chi connectivity index (χ3n) is 3.60. The highest BCUT2D eigenvalue weighted by Gasteiger charge is 2.09. The van der Waals surface area contributed by atoms with Gasteiger partial charge in [-0.25, -0.2) is 0 Å². The normalized spacial score (nSPS) is 10.8. The lowest BCUT2D eigenvalue weighted by Gasteiger charge is -2.04. The molecular formula is C17H23N3OS. The fourth-order valence-corrected chi connectivity index (χ4v) is 3.01. The fraction of sp³-hybridized carbons (Fsp3) is 0.471. The maximum atomic E-state index is 12.2. The Morgan fingerprint density at radius 3 is 2.59 bits per heavy atom. The number of aryl methyl sites for hydroxylation is 2. The fourth-order valence-electron chi connectivity index (χ4n) is 2.23. The number of carbonyl (C=O) groups is 1. The molecule has 0 aliphatic rings. The van der Waals surface area contributed by atoms with Gasteiger partial charge >= 0.3 is 0 Å². The summed E-state index contributed by atoms with van der Waals surface area (Å²) in [7, 11) is 1.88. The van der Waals surface area contributed by atoms with Gasteiger partial charge < -0.3 is 4.57 Å². The molecule has 0 aliphatic heterocycles. The van der Waals surface area contributed by atoms with Gasteiger partial charge in [0.25, 0.3) is 0 Å². The molecule has 4 nitrogen and oxygen atoms in total. The van der Waals surface area contributed by atoms with E-state index in [9.17, 15) is 4.79 Å². The molecule has 1 heterocycles. The van der Waals surface area contributed by atoms with Gasteiger partial charge in [0.2, 0.25) is 0 Å². The number of carbonyl (C=O) groups excluding carboxylic acids is 1. The molecule has 22 heavy (non-hydrogen) atoms. The van der Waals surface area contributed by atoms with Gasteiger partial charge in [-0.2, -0.15) is 0 Å². The van der Waals surface area contributed by atoms with Crippen LogP contribution in [-0.2, 0) is 13.5 Å². The second-order valence-electron chi connectivity index (χ2n) is 5.44.